The Hall–Kier alpha value is -5.58. The van der Waals surface area contributed by atoms with Gasteiger partial charge in [0.15, 0.2) is 12.2 Å². The normalized spacial score (nSPS) is 14.9. The highest BCUT2D eigenvalue weighted by Gasteiger charge is 2.30. The summed E-state index contributed by atoms with van der Waals surface area (Å²) in [6.07, 6.45) is 86.9. The zero-order chi connectivity index (χ0) is 74.6. The van der Waals surface area contributed by atoms with Gasteiger partial charge >= 0.3 is 39.5 Å². The van der Waals surface area contributed by atoms with E-state index in [1.807, 2.05) is 30.4 Å². The smallest absolute Gasteiger partial charge is 0.462 e. The summed E-state index contributed by atoms with van der Waals surface area (Å²) in [6.45, 7) is 4.32. The molecule has 0 bridgehead atoms. The molecule has 102 heavy (non-hydrogen) atoms. The van der Waals surface area contributed by atoms with Gasteiger partial charge in [-0.25, -0.2) is 9.13 Å². The van der Waals surface area contributed by atoms with Gasteiger partial charge in [-0.15, -0.1) is 0 Å². The molecular weight excluding hydrogens is 1330 g/mol. The van der Waals surface area contributed by atoms with Gasteiger partial charge in [0.25, 0.3) is 0 Å². The molecule has 17 nitrogen and oxygen atoms in total. The first-order valence-corrected chi connectivity index (χ1v) is 41.4. The van der Waals surface area contributed by atoms with Crippen molar-refractivity contribution in [3.8, 4) is 0 Å². The van der Waals surface area contributed by atoms with E-state index in [2.05, 4.69) is 149 Å². The quantitative estimate of drug-likeness (QED) is 0.0169. The van der Waals surface area contributed by atoms with Gasteiger partial charge in [-0.2, -0.15) is 0 Å². The molecule has 0 aromatic rings. The van der Waals surface area contributed by atoms with Crippen molar-refractivity contribution in [2.24, 2.45) is 0 Å². The average Bonchev–Trinajstić information content (AvgIpc) is 0.909. The van der Waals surface area contributed by atoms with Crippen LogP contribution in [0, 0.1) is 0 Å². The number of carbonyl (C=O) groups is 4. The molecule has 0 aromatic carbocycles. The molecule has 578 valence electrons. The third-order valence-electron chi connectivity index (χ3n) is 15.2. The fourth-order valence-electron chi connectivity index (χ4n) is 9.43. The van der Waals surface area contributed by atoms with Crippen LogP contribution in [0.15, 0.2) is 170 Å². The minimum atomic E-state index is -5.02. The molecule has 0 aliphatic heterocycles. The van der Waals surface area contributed by atoms with Crippen molar-refractivity contribution in [3.05, 3.63) is 170 Å². The Morgan fingerprint density at radius 1 is 0.294 bits per heavy atom. The fourth-order valence-corrected chi connectivity index (χ4v) is 11.0. The lowest BCUT2D eigenvalue weighted by atomic mass is 10.1. The maximum absolute atomic E-state index is 13.1. The number of hydrogen-bond donors (Lipinski definition) is 3. The number of hydrogen-bond acceptors (Lipinski definition) is 15. The van der Waals surface area contributed by atoms with Crippen molar-refractivity contribution in [2.75, 3.05) is 39.6 Å². The number of phosphoric acid groups is 2. The van der Waals surface area contributed by atoms with Gasteiger partial charge in [0.1, 0.15) is 19.3 Å². The highest BCUT2D eigenvalue weighted by molar-refractivity contribution is 7.47. The van der Waals surface area contributed by atoms with E-state index in [0.717, 1.165) is 148 Å². The second-order valence-electron chi connectivity index (χ2n) is 24.9. The van der Waals surface area contributed by atoms with E-state index in [-0.39, 0.29) is 25.7 Å². The van der Waals surface area contributed by atoms with Crippen LogP contribution in [0.2, 0.25) is 0 Å². The molecule has 0 saturated heterocycles. The first-order chi connectivity index (χ1) is 49.7. The molecule has 0 saturated carbocycles. The highest BCUT2D eigenvalue weighted by atomic mass is 31.2. The second-order valence-corrected chi connectivity index (χ2v) is 27.8. The largest absolute Gasteiger partial charge is 0.472 e. The Bertz CT molecular complexity index is 2600. The molecule has 0 rings (SSSR count). The number of phosphoric ester groups is 2. The van der Waals surface area contributed by atoms with E-state index in [4.69, 9.17) is 37.0 Å². The van der Waals surface area contributed by atoms with Crippen LogP contribution in [0.25, 0.3) is 0 Å². The zero-order valence-electron chi connectivity index (χ0n) is 63.0. The fraction of sp³-hybridized carbons (Fsp3) is 0.614. The van der Waals surface area contributed by atoms with E-state index < -0.39 is 97.5 Å². The summed E-state index contributed by atoms with van der Waals surface area (Å²) >= 11 is 0. The van der Waals surface area contributed by atoms with Gasteiger partial charge in [-0.05, 0) is 141 Å². The van der Waals surface area contributed by atoms with Crippen molar-refractivity contribution in [1.29, 1.82) is 0 Å². The van der Waals surface area contributed by atoms with Crippen molar-refractivity contribution in [1.82, 2.24) is 0 Å². The van der Waals surface area contributed by atoms with Gasteiger partial charge in [-0.3, -0.25) is 37.3 Å². The van der Waals surface area contributed by atoms with E-state index in [1.54, 1.807) is 18.2 Å². The van der Waals surface area contributed by atoms with Gasteiger partial charge in [-0.1, -0.05) is 275 Å². The number of aliphatic hydroxyl groups excluding tert-OH is 1. The van der Waals surface area contributed by atoms with Crippen LogP contribution in [0.5, 0.6) is 0 Å². The molecule has 0 aliphatic rings. The predicted molar refractivity (Wildman–Crippen MR) is 417 cm³/mol. The number of esters is 4. The summed E-state index contributed by atoms with van der Waals surface area (Å²) in [4.78, 5) is 72.8. The molecule has 0 fully saturated rings. The van der Waals surface area contributed by atoms with Gasteiger partial charge in [0.05, 0.1) is 39.3 Å². The lowest BCUT2D eigenvalue weighted by Crippen LogP contribution is -2.30. The van der Waals surface area contributed by atoms with E-state index in [0.29, 0.717) is 25.7 Å². The Kier molecular flexibility index (Phi) is 69.7. The summed E-state index contributed by atoms with van der Waals surface area (Å²) in [5.41, 5.74) is 0. The molecule has 0 spiro atoms. The number of aliphatic hydroxyl groups is 1. The molecule has 0 aromatic heterocycles. The Morgan fingerprint density at radius 2 is 0.559 bits per heavy atom. The first-order valence-electron chi connectivity index (χ1n) is 38.4. The number of ether oxygens (including phenoxy) is 4. The number of allylic oxidation sites excluding steroid dienone is 26. The highest BCUT2D eigenvalue weighted by Crippen LogP contribution is 2.45. The van der Waals surface area contributed by atoms with E-state index in [1.165, 1.54) is 44.9 Å². The molecule has 19 heteroatoms. The monoisotopic (exact) mass is 1460 g/mol. The van der Waals surface area contributed by atoms with Crippen LogP contribution in [-0.4, -0.2) is 96.7 Å². The molecule has 0 amide bonds. The van der Waals surface area contributed by atoms with Crippen LogP contribution in [0.4, 0.5) is 0 Å². The lowest BCUT2D eigenvalue weighted by Gasteiger charge is -2.21. The van der Waals surface area contributed by atoms with Crippen LogP contribution in [0.1, 0.15) is 272 Å². The van der Waals surface area contributed by atoms with Crippen LogP contribution in [-0.2, 0) is 65.4 Å². The standard InChI is InChI=1S/C83H134O17P2/c1-5-9-13-17-21-25-29-33-36-37-38-39-42-45-48-52-56-60-64-68-81(86)94-74-79(100-83(88)70-66-62-58-54-50-46-41-35-31-27-23-19-15-11-7-3)76-98-102(91,92)96-72-77(84)71-95-101(89,90)97-75-78(99-82(87)69-65-61-57-53-49-43-32-28-24-20-16-12-8-4)73-93-80(85)67-63-59-55-51-47-44-40-34-30-26-22-18-14-10-6-2/h10-11,14-15,21-23,25-28,32-36,38-41,47,50-51,54,59,62-63,66,77-79,84H,5-9,12-13,16-20,24,29-31,37,42-46,48-49,52-53,55-58,60-61,64-65,67-76H2,1-4H3,(H,89,90)(H,91,92)/b14-10-,15-11-,25-21-,26-22-,27-23-,32-28-,36-33-,39-38-,40-34-,41-35-,51-47-,54-50-,63-59-,66-62-. The molecule has 0 heterocycles. The molecular formula is C83H134O17P2. The zero-order valence-corrected chi connectivity index (χ0v) is 64.8. The van der Waals surface area contributed by atoms with Gasteiger partial charge in [0.2, 0.25) is 0 Å². The Labute approximate surface area is 616 Å². The Morgan fingerprint density at radius 3 is 0.941 bits per heavy atom. The van der Waals surface area contributed by atoms with E-state index in [9.17, 15) is 43.2 Å². The predicted octanol–water partition coefficient (Wildman–Crippen LogP) is 22.2. The molecule has 5 atom stereocenters. The third kappa shape index (κ3) is 72.8. The summed E-state index contributed by atoms with van der Waals surface area (Å²) in [7, 11) is -10.0. The van der Waals surface area contributed by atoms with Crippen molar-refractivity contribution >= 4 is 39.5 Å². The van der Waals surface area contributed by atoms with Crippen LogP contribution in [0.3, 0.4) is 0 Å². The van der Waals surface area contributed by atoms with Crippen LogP contribution < -0.4 is 0 Å². The minimum Gasteiger partial charge on any atom is -0.462 e. The summed E-state index contributed by atoms with van der Waals surface area (Å²) < 4.78 is 68.2. The topological polar surface area (TPSA) is 237 Å². The maximum atomic E-state index is 13.1. The van der Waals surface area contributed by atoms with E-state index >= 15 is 0 Å². The minimum absolute atomic E-state index is 0.0572. The Balaban J connectivity index is 5.50. The second kappa shape index (κ2) is 73.7. The molecule has 0 aliphatic carbocycles. The van der Waals surface area contributed by atoms with Gasteiger partial charge in [0, 0.05) is 12.8 Å². The SMILES string of the molecule is CC/C=C\C/C=C\C/C=C\C/C=C\C/C=C\CC(=O)OCC(COP(=O)(O)OCC(O)COP(=O)(O)OCC(COC(=O)CCCCCCCC/C=C\C/C=C\C/C=C\CCCCC)OC(=O)C/C=C\C/C=C\C/C=C\C/C=C\C/C=C\CC)OC(=O)CCCCCCC/C=C\CCCCCC. The summed E-state index contributed by atoms with van der Waals surface area (Å²) in [5, 5.41) is 10.6. The summed E-state index contributed by atoms with van der Waals surface area (Å²) in [6, 6.07) is 0. The number of rotatable bonds is 70. The number of unbranched alkanes of at least 4 members (excludes halogenated alkanes) is 18. The van der Waals surface area contributed by atoms with Crippen LogP contribution >= 0.6 is 15.6 Å². The van der Waals surface area contributed by atoms with Crippen molar-refractivity contribution < 1.29 is 80.2 Å². The lowest BCUT2D eigenvalue weighted by molar-refractivity contribution is -0.160. The molecule has 0 radical (unpaired) electrons. The summed E-state index contributed by atoms with van der Waals surface area (Å²) in [5.74, 6) is -2.51. The molecule has 3 N–H and O–H groups in total. The van der Waals surface area contributed by atoms with Crippen molar-refractivity contribution in [3.63, 3.8) is 0 Å². The number of carbonyl (C=O) groups excluding carboxylic acids is 4. The third-order valence-corrected chi connectivity index (χ3v) is 17.1. The maximum Gasteiger partial charge on any atom is 0.472 e. The average molecular weight is 1470 g/mol. The molecule has 5 unspecified atom stereocenters. The van der Waals surface area contributed by atoms with Crippen molar-refractivity contribution in [2.45, 2.75) is 290 Å². The van der Waals surface area contributed by atoms with Gasteiger partial charge < -0.3 is 33.8 Å². The first kappa shape index (κ1) is 96.4.